The second-order valence-corrected chi connectivity index (χ2v) is 7.96. The van der Waals surface area contributed by atoms with Crippen LogP contribution >= 0.6 is 11.3 Å². The van der Waals surface area contributed by atoms with E-state index in [0.717, 1.165) is 16.4 Å². The van der Waals surface area contributed by atoms with Crippen molar-refractivity contribution in [2.75, 3.05) is 24.4 Å². The number of fused-ring (bicyclic) bond motifs is 1. The number of nitrogens with one attached hydrogen (secondary N) is 1. The summed E-state index contributed by atoms with van der Waals surface area (Å²) in [5, 5.41) is 6.53. The zero-order valence-corrected chi connectivity index (χ0v) is 17.6. The molecule has 29 heavy (non-hydrogen) atoms. The van der Waals surface area contributed by atoms with Crippen LogP contribution in [0.4, 0.5) is 11.4 Å². The number of carbonyl (C=O) groups is 1. The maximum Gasteiger partial charge on any atom is 0.262 e. The van der Waals surface area contributed by atoms with Gasteiger partial charge in [0.25, 0.3) is 5.91 Å². The van der Waals surface area contributed by atoms with Gasteiger partial charge in [0.2, 0.25) is 0 Å². The molecule has 0 spiro atoms. The van der Waals surface area contributed by atoms with Crippen LogP contribution in [0.25, 0.3) is 0 Å². The minimum atomic E-state index is -0.441. The molecule has 1 aliphatic rings. The van der Waals surface area contributed by atoms with Crippen LogP contribution in [-0.4, -0.2) is 25.1 Å². The molecule has 2 aromatic carbocycles. The van der Waals surface area contributed by atoms with Crippen LogP contribution in [0, 0.1) is 0 Å². The standard InChI is InChI=1S/C22H23N3O3S/c1-13(2)21-24-17(12-29-21)20-23-16-8-6-5-7-15(16)22(26)25(20)18-10-9-14(27-3)11-19(18)28-4/h5-13,20,23H,1-4H3. The Morgan fingerprint density at radius 1 is 1.14 bits per heavy atom. The summed E-state index contributed by atoms with van der Waals surface area (Å²) in [6.07, 6.45) is -0.441. The number of para-hydroxylation sites is 1. The van der Waals surface area contributed by atoms with Crippen molar-refractivity contribution in [3.8, 4) is 11.5 Å². The summed E-state index contributed by atoms with van der Waals surface area (Å²) in [5.74, 6) is 1.44. The highest BCUT2D eigenvalue weighted by Gasteiger charge is 2.37. The molecule has 0 fully saturated rings. The van der Waals surface area contributed by atoms with E-state index in [4.69, 9.17) is 14.5 Å². The minimum absolute atomic E-state index is 0.105. The third-order valence-corrected chi connectivity index (χ3v) is 6.05. The maximum atomic E-state index is 13.5. The number of nitrogens with zero attached hydrogens (tertiary/aromatic N) is 2. The highest BCUT2D eigenvalue weighted by Crippen LogP contribution is 2.42. The van der Waals surface area contributed by atoms with E-state index in [1.165, 1.54) is 0 Å². The van der Waals surface area contributed by atoms with Gasteiger partial charge >= 0.3 is 0 Å². The largest absolute Gasteiger partial charge is 0.497 e. The first-order chi connectivity index (χ1) is 14.0. The van der Waals surface area contributed by atoms with E-state index < -0.39 is 6.17 Å². The van der Waals surface area contributed by atoms with Gasteiger partial charge in [0.1, 0.15) is 11.5 Å². The quantitative estimate of drug-likeness (QED) is 0.638. The van der Waals surface area contributed by atoms with Gasteiger partial charge < -0.3 is 14.8 Å². The summed E-state index contributed by atoms with van der Waals surface area (Å²) in [7, 11) is 3.19. The number of rotatable bonds is 5. The number of thiazole rings is 1. The topological polar surface area (TPSA) is 63.7 Å². The van der Waals surface area contributed by atoms with Crippen LogP contribution in [0.15, 0.2) is 47.8 Å². The number of amides is 1. The maximum absolute atomic E-state index is 13.5. The molecule has 2 heterocycles. The van der Waals surface area contributed by atoms with Crippen molar-refractivity contribution in [2.24, 2.45) is 0 Å². The number of anilines is 2. The molecule has 4 rings (SSSR count). The molecule has 6 nitrogen and oxygen atoms in total. The molecular weight excluding hydrogens is 386 g/mol. The van der Waals surface area contributed by atoms with Crippen molar-refractivity contribution >= 4 is 28.6 Å². The number of aromatic nitrogens is 1. The summed E-state index contributed by atoms with van der Waals surface area (Å²) in [4.78, 5) is 20.0. The van der Waals surface area contributed by atoms with Crippen LogP contribution in [0.2, 0.25) is 0 Å². The van der Waals surface area contributed by atoms with Crippen LogP contribution < -0.4 is 19.7 Å². The van der Waals surface area contributed by atoms with Gasteiger partial charge in [-0.25, -0.2) is 4.98 Å². The highest BCUT2D eigenvalue weighted by molar-refractivity contribution is 7.09. The second-order valence-electron chi connectivity index (χ2n) is 7.07. The number of benzene rings is 2. The Labute approximate surface area is 174 Å². The third kappa shape index (κ3) is 3.42. The van der Waals surface area contributed by atoms with Crippen LogP contribution in [0.5, 0.6) is 11.5 Å². The van der Waals surface area contributed by atoms with Crippen molar-refractivity contribution < 1.29 is 14.3 Å². The molecule has 0 radical (unpaired) electrons. The first-order valence-corrected chi connectivity index (χ1v) is 10.3. The number of ether oxygens (including phenoxy) is 2. The van der Waals surface area contributed by atoms with Crippen molar-refractivity contribution in [3.63, 3.8) is 0 Å². The van der Waals surface area contributed by atoms with Gasteiger partial charge in [0.05, 0.1) is 36.2 Å². The average molecular weight is 410 g/mol. The first kappa shape index (κ1) is 19.3. The Hall–Kier alpha value is -3.06. The molecule has 0 saturated heterocycles. The fourth-order valence-electron chi connectivity index (χ4n) is 3.38. The van der Waals surface area contributed by atoms with Gasteiger partial charge in [-0.2, -0.15) is 0 Å². The molecule has 1 unspecified atom stereocenters. The smallest absolute Gasteiger partial charge is 0.262 e. The van der Waals surface area contributed by atoms with E-state index in [-0.39, 0.29) is 5.91 Å². The summed E-state index contributed by atoms with van der Waals surface area (Å²) in [5.41, 5.74) is 2.87. The minimum Gasteiger partial charge on any atom is -0.497 e. The van der Waals surface area contributed by atoms with Gasteiger partial charge in [0.15, 0.2) is 6.17 Å². The van der Waals surface area contributed by atoms with Crippen molar-refractivity contribution in [1.29, 1.82) is 0 Å². The highest BCUT2D eigenvalue weighted by atomic mass is 32.1. The SMILES string of the molecule is COc1ccc(N2C(=O)c3ccccc3NC2c2csc(C(C)C)n2)c(OC)c1. The predicted molar refractivity (Wildman–Crippen MR) is 115 cm³/mol. The molecule has 0 saturated carbocycles. The van der Waals surface area contributed by atoms with Crippen LogP contribution in [-0.2, 0) is 0 Å². The van der Waals surface area contributed by atoms with Gasteiger partial charge in [-0.1, -0.05) is 26.0 Å². The lowest BCUT2D eigenvalue weighted by atomic mass is 10.0. The molecule has 7 heteroatoms. The number of hydrogen-bond donors (Lipinski definition) is 1. The van der Waals surface area contributed by atoms with Gasteiger partial charge in [-0.3, -0.25) is 9.69 Å². The van der Waals surface area contributed by atoms with E-state index in [1.807, 2.05) is 41.8 Å². The summed E-state index contributed by atoms with van der Waals surface area (Å²) in [6.45, 7) is 4.23. The molecular formula is C22H23N3O3S. The Bertz CT molecular complexity index is 1050. The van der Waals surface area contributed by atoms with E-state index in [9.17, 15) is 4.79 Å². The Kier molecular flexibility index (Phi) is 5.15. The van der Waals surface area contributed by atoms with Gasteiger partial charge in [0, 0.05) is 23.1 Å². The zero-order valence-electron chi connectivity index (χ0n) is 16.8. The fraction of sp³-hybridized carbons (Fsp3) is 0.273. The molecule has 0 aliphatic carbocycles. The second kappa shape index (κ2) is 7.75. The normalized spacial score (nSPS) is 15.8. The van der Waals surface area contributed by atoms with E-state index in [2.05, 4.69) is 19.2 Å². The van der Waals surface area contributed by atoms with Gasteiger partial charge in [-0.15, -0.1) is 11.3 Å². The molecule has 150 valence electrons. The molecule has 1 amide bonds. The number of carbonyl (C=O) groups excluding carboxylic acids is 1. The lowest BCUT2D eigenvalue weighted by molar-refractivity contribution is 0.0973. The molecule has 1 atom stereocenters. The predicted octanol–water partition coefficient (Wildman–Crippen LogP) is 5.05. The molecule has 1 aliphatic heterocycles. The van der Waals surface area contributed by atoms with Crippen LogP contribution in [0.3, 0.4) is 0 Å². The zero-order chi connectivity index (χ0) is 20.5. The fourth-order valence-corrected chi connectivity index (χ4v) is 4.24. The van der Waals surface area contributed by atoms with Crippen molar-refractivity contribution in [1.82, 2.24) is 4.98 Å². The Morgan fingerprint density at radius 3 is 2.62 bits per heavy atom. The van der Waals surface area contributed by atoms with Crippen LogP contribution in [0.1, 0.15) is 47.0 Å². The van der Waals surface area contributed by atoms with E-state index >= 15 is 0 Å². The van der Waals surface area contributed by atoms with E-state index in [1.54, 1.807) is 36.5 Å². The number of hydrogen-bond acceptors (Lipinski definition) is 6. The average Bonchev–Trinajstić information content (AvgIpc) is 3.24. The summed E-state index contributed by atoms with van der Waals surface area (Å²) in [6, 6.07) is 13.0. The lowest BCUT2D eigenvalue weighted by Gasteiger charge is -2.37. The summed E-state index contributed by atoms with van der Waals surface area (Å²) < 4.78 is 10.9. The van der Waals surface area contributed by atoms with Crippen molar-refractivity contribution in [3.05, 3.63) is 64.1 Å². The Morgan fingerprint density at radius 2 is 1.93 bits per heavy atom. The Balaban J connectivity index is 1.86. The van der Waals surface area contributed by atoms with Crippen molar-refractivity contribution in [2.45, 2.75) is 25.9 Å². The third-order valence-electron chi connectivity index (χ3n) is 4.89. The summed E-state index contributed by atoms with van der Waals surface area (Å²) >= 11 is 1.61. The first-order valence-electron chi connectivity index (χ1n) is 9.40. The van der Waals surface area contributed by atoms with Gasteiger partial charge in [-0.05, 0) is 24.3 Å². The molecule has 3 aromatic rings. The monoisotopic (exact) mass is 409 g/mol. The molecule has 1 aromatic heterocycles. The molecule has 0 bridgehead atoms. The van der Waals surface area contributed by atoms with E-state index in [0.29, 0.717) is 28.7 Å². The lowest BCUT2D eigenvalue weighted by Crippen LogP contribution is -2.43. The molecule has 1 N–H and O–H groups in total. The number of methoxy groups -OCH3 is 2.